The first-order valence-electron chi connectivity index (χ1n) is 10.2. The van der Waals surface area contributed by atoms with Gasteiger partial charge in [-0.1, -0.05) is 0 Å². The standard InChI is InChI=1S/C22H20N8/c1-2-10-30(11-3-1)22-19-17(6-9-24-22)26-21(27-19)18-16-12-15(13-25-20(16)29-28-18)14-4-7-23-8-5-14/h4-9,12-13H,1-3,10-11H2,(H,26,27)(H,25,28,29). The van der Waals surface area contributed by atoms with Gasteiger partial charge in [0.15, 0.2) is 17.3 Å². The van der Waals surface area contributed by atoms with Gasteiger partial charge in [0.05, 0.1) is 10.9 Å². The minimum Gasteiger partial charge on any atom is -0.355 e. The number of pyridine rings is 3. The summed E-state index contributed by atoms with van der Waals surface area (Å²) >= 11 is 0. The summed E-state index contributed by atoms with van der Waals surface area (Å²) < 4.78 is 0. The maximum Gasteiger partial charge on any atom is 0.159 e. The molecule has 6 heterocycles. The lowest BCUT2D eigenvalue weighted by Gasteiger charge is -2.27. The summed E-state index contributed by atoms with van der Waals surface area (Å²) in [6, 6.07) is 8.00. The van der Waals surface area contributed by atoms with Gasteiger partial charge >= 0.3 is 0 Å². The zero-order valence-corrected chi connectivity index (χ0v) is 16.3. The fourth-order valence-electron chi connectivity index (χ4n) is 4.16. The maximum absolute atomic E-state index is 4.90. The highest BCUT2D eigenvalue weighted by Crippen LogP contribution is 2.31. The Labute approximate surface area is 172 Å². The molecule has 0 aromatic carbocycles. The van der Waals surface area contributed by atoms with E-state index in [-0.39, 0.29) is 0 Å². The van der Waals surface area contributed by atoms with E-state index < -0.39 is 0 Å². The van der Waals surface area contributed by atoms with E-state index >= 15 is 0 Å². The molecule has 1 fully saturated rings. The maximum atomic E-state index is 4.90. The lowest BCUT2D eigenvalue weighted by atomic mass is 10.1. The van der Waals surface area contributed by atoms with Crippen LogP contribution in [0.2, 0.25) is 0 Å². The molecule has 1 saturated heterocycles. The summed E-state index contributed by atoms with van der Waals surface area (Å²) in [5, 5.41) is 8.47. The van der Waals surface area contributed by atoms with Crippen molar-refractivity contribution in [3.05, 3.63) is 49.1 Å². The van der Waals surface area contributed by atoms with Crippen molar-refractivity contribution in [2.45, 2.75) is 19.3 Å². The number of hydrogen-bond donors (Lipinski definition) is 2. The number of nitrogens with zero attached hydrogens (tertiary/aromatic N) is 6. The van der Waals surface area contributed by atoms with Crippen LogP contribution in [0.1, 0.15) is 19.3 Å². The van der Waals surface area contributed by atoms with Crippen molar-refractivity contribution >= 4 is 27.9 Å². The van der Waals surface area contributed by atoms with E-state index in [9.17, 15) is 0 Å². The van der Waals surface area contributed by atoms with Crippen LogP contribution in [0.25, 0.3) is 44.7 Å². The van der Waals surface area contributed by atoms with E-state index in [1.807, 2.05) is 30.6 Å². The fraction of sp³-hybridized carbons (Fsp3) is 0.227. The van der Waals surface area contributed by atoms with Crippen LogP contribution in [-0.4, -0.2) is 48.2 Å². The highest BCUT2D eigenvalue weighted by molar-refractivity contribution is 5.95. The number of nitrogens with one attached hydrogen (secondary N) is 2. The molecule has 0 amide bonds. The highest BCUT2D eigenvalue weighted by atomic mass is 15.2. The molecule has 0 aliphatic carbocycles. The van der Waals surface area contributed by atoms with E-state index in [4.69, 9.17) is 4.98 Å². The summed E-state index contributed by atoms with van der Waals surface area (Å²) in [4.78, 5) is 24.0. The van der Waals surface area contributed by atoms with Crippen LogP contribution in [0.15, 0.2) is 49.1 Å². The lowest BCUT2D eigenvalue weighted by Crippen LogP contribution is -2.30. The molecule has 5 aromatic rings. The molecule has 5 aromatic heterocycles. The van der Waals surface area contributed by atoms with Gasteiger partial charge in [-0.2, -0.15) is 5.10 Å². The molecule has 8 nitrogen and oxygen atoms in total. The van der Waals surface area contributed by atoms with Crippen LogP contribution in [0.3, 0.4) is 0 Å². The quantitative estimate of drug-likeness (QED) is 0.479. The van der Waals surface area contributed by atoms with Crippen LogP contribution in [0.5, 0.6) is 0 Å². The third-order valence-electron chi connectivity index (χ3n) is 5.69. The summed E-state index contributed by atoms with van der Waals surface area (Å²) in [7, 11) is 0. The molecular weight excluding hydrogens is 376 g/mol. The summed E-state index contributed by atoms with van der Waals surface area (Å²) in [6.07, 6.45) is 10.9. The Morgan fingerprint density at radius 3 is 2.63 bits per heavy atom. The molecular formula is C22H20N8. The van der Waals surface area contributed by atoms with Gasteiger partial charge in [0.25, 0.3) is 0 Å². The summed E-state index contributed by atoms with van der Waals surface area (Å²) in [5.74, 6) is 1.67. The van der Waals surface area contributed by atoms with Gasteiger partial charge in [-0.25, -0.2) is 15.0 Å². The molecule has 0 spiro atoms. The zero-order valence-electron chi connectivity index (χ0n) is 16.3. The van der Waals surface area contributed by atoms with Crippen LogP contribution >= 0.6 is 0 Å². The topological polar surface area (TPSA) is 99.3 Å². The fourth-order valence-corrected chi connectivity index (χ4v) is 4.16. The van der Waals surface area contributed by atoms with Gasteiger partial charge in [-0.15, -0.1) is 0 Å². The van der Waals surface area contributed by atoms with Gasteiger partial charge < -0.3 is 9.88 Å². The second-order valence-electron chi connectivity index (χ2n) is 7.59. The Morgan fingerprint density at radius 2 is 1.77 bits per heavy atom. The molecule has 0 atom stereocenters. The van der Waals surface area contributed by atoms with E-state index in [1.54, 1.807) is 12.4 Å². The molecule has 1 aliphatic rings. The second kappa shape index (κ2) is 6.91. The molecule has 0 saturated carbocycles. The van der Waals surface area contributed by atoms with Crippen molar-refractivity contribution in [2.24, 2.45) is 0 Å². The largest absolute Gasteiger partial charge is 0.355 e. The van der Waals surface area contributed by atoms with Crippen molar-refractivity contribution in [2.75, 3.05) is 18.0 Å². The average Bonchev–Trinajstić information content (AvgIpc) is 3.43. The van der Waals surface area contributed by atoms with E-state index in [1.165, 1.54) is 19.3 Å². The highest BCUT2D eigenvalue weighted by Gasteiger charge is 2.20. The van der Waals surface area contributed by atoms with Crippen LogP contribution in [-0.2, 0) is 0 Å². The predicted octanol–water partition coefficient (Wildman–Crippen LogP) is 3.95. The van der Waals surface area contributed by atoms with Crippen LogP contribution < -0.4 is 4.90 Å². The Morgan fingerprint density at radius 1 is 0.900 bits per heavy atom. The number of fused-ring (bicyclic) bond motifs is 2. The first-order chi connectivity index (χ1) is 14.9. The Kier molecular flexibility index (Phi) is 3.93. The minimum absolute atomic E-state index is 0.719. The number of aromatic nitrogens is 7. The van der Waals surface area contributed by atoms with Gasteiger partial charge in [0.2, 0.25) is 0 Å². The van der Waals surface area contributed by atoms with Crippen molar-refractivity contribution in [3.8, 4) is 22.6 Å². The molecule has 0 radical (unpaired) electrons. The predicted molar refractivity (Wildman–Crippen MR) is 116 cm³/mol. The number of piperidine rings is 1. The van der Waals surface area contributed by atoms with Crippen molar-refractivity contribution < 1.29 is 0 Å². The zero-order chi connectivity index (χ0) is 19.9. The Hall–Kier alpha value is -3.81. The average molecular weight is 396 g/mol. The number of hydrogen-bond acceptors (Lipinski definition) is 6. The SMILES string of the molecule is c1cc(-c2cnc3[nH]nc(-c4nc5c(N6CCCCC6)nccc5[nH]4)c3c2)ccn1. The Bertz CT molecular complexity index is 1330. The van der Waals surface area contributed by atoms with Gasteiger partial charge in [-0.3, -0.25) is 10.1 Å². The van der Waals surface area contributed by atoms with E-state index in [0.29, 0.717) is 0 Å². The van der Waals surface area contributed by atoms with Crippen LogP contribution in [0.4, 0.5) is 5.82 Å². The second-order valence-corrected chi connectivity index (χ2v) is 7.59. The third kappa shape index (κ3) is 2.80. The normalized spacial score (nSPS) is 14.6. The first-order valence-corrected chi connectivity index (χ1v) is 10.2. The third-order valence-corrected chi connectivity index (χ3v) is 5.69. The summed E-state index contributed by atoms with van der Waals surface area (Å²) in [6.45, 7) is 2.05. The number of rotatable bonds is 3. The lowest BCUT2D eigenvalue weighted by molar-refractivity contribution is 0.574. The van der Waals surface area contributed by atoms with E-state index in [0.717, 1.165) is 63.6 Å². The monoisotopic (exact) mass is 396 g/mol. The summed E-state index contributed by atoms with van der Waals surface area (Å²) in [5.41, 5.74) is 5.43. The molecule has 30 heavy (non-hydrogen) atoms. The van der Waals surface area contributed by atoms with Gasteiger partial charge in [0, 0.05) is 43.4 Å². The first kappa shape index (κ1) is 17.1. The van der Waals surface area contributed by atoms with Crippen LogP contribution in [0, 0.1) is 0 Å². The molecule has 148 valence electrons. The molecule has 0 unspecified atom stereocenters. The minimum atomic E-state index is 0.719. The van der Waals surface area contributed by atoms with Crippen molar-refractivity contribution in [1.29, 1.82) is 0 Å². The Balaban J connectivity index is 1.47. The van der Waals surface area contributed by atoms with Gasteiger partial charge in [0.1, 0.15) is 11.2 Å². The number of H-pyrrole nitrogens is 2. The molecule has 0 bridgehead atoms. The van der Waals surface area contributed by atoms with Crippen molar-refractivity contribution in [1.82, 2.24) is 35.1 Å². The number of aromatic amines is 2. The number of anilines is 1. The van der Waals surface area contributed by atoms with Gasteiger partial charge in [-0.05, 0) is 49.1 Å². The molecule has 8 heteroatoms. The molecule has 6 rings (SSSR count). The molecule has 2 N–H and O–H groups in total. The number of imidazole rings is 1. The van der Waals surface area contributed by atoms with Crippen molar-refractivity contribution in [3.63, 3.8) is 0 Å². The van der Waals surface area contributed by atoms with E-state index in [2.05, 4.69) is 41.1 Å². The molecule has 1 aliphatic heterocycles. The smallest absolute Gasteiger partial charge is 0.159 e.